The van der Waals surface area contributed by atoms with Gasteiger partial charge in [-0.15, -0.1) is 0 Å². The summed E-state index contributed by atoms with van der Waals surface area (Å²) in [4.78, 5) is 23.4. The van der Waals surface area contributed by atoms with E-state index in [2.05, 4.69) is 15.0 Å². The minimum absolute atomic E-state index is 0.0997. The second-order valence-electron chi connectivity index (χ2n) is 5.36. The zero-order valence-corrected chi connectivity index (χ0v) is 14.7. The molecule has 25 heavy (non-hydrogen) atoms. The zero-order chi connectivity index (χ0) is 18.0. The van der Waals surface area contributed by atoms with Crippen LogP contribution in [-0.2, 0) is 26.3 Å². The monoisotopic (exact) mass is 363 g/mol. The Balaban J connectivity index is 2.08. The Morgan fingerprint density at radius 1 is 1.20 bits per heavy atom. The van der Waals surface area contributed by atoms with E-state index in [1.165, 1.54) is 18.8 Å². The van der Waals surface area contributed by atoms with Gasteiger partial charge in [-0.25, -0.2) is 14.8 Å². The molecule has 0 radical (unpaired) electrons. The minimum atomic E-state index is -3.35. The number of nitrogens with zero attached hydrogens (tertiary/aromatic N) is 3. The molecule has 3 rings (SSSR count). The molecule has 0 spiro atoms. The van der Waals surface area contributed by atoms with Gasteiger partial charge in [0.25, 0.3) is 0 Å². The second kappa shape index (κ2) is 6.79. The van der Waals surface area contributed by atoms with E-state index in [1.807, 2.05) is 30.3 Å². The van der Waals surface area contributed by atoms with Gasteiger partial charge < -0.3 is 19.8 Å². The summed E-state index contributed by atoms with van der Waals surface area (Å²) >= 11 is 0. The molecule has 0 aliphatic carbocycles. The number of anilines is 1. The average molecular weight is 363 g/mol. The van der Waals surface area contributed by atoms with Crippen molar-refractivity contribution < 1.29 is 13.6 Å². The Morgan fingerprint density at radius 3 is 2.52 bits per heavy atom. The standard InChI is InChI=1S/C15H18N5O4P/c1-23-25(22,24-2)9-11-17-13(16)12-14(18-11)20(15(21)19-12)8-10-6-4-3-5-7-10/h3-7H,8-9H2,1-2H3,(H,19,21)(H2,16,17,18). The number of hydrogen-bond acceptors (Lipinski definition) is 7. The van der Waals surface area contributed by atoms with Crippen LogP contribution in [0.15, 0.2) is 35.1 Å². The van der Waals surface area contributed by atoms with Crippen LogP contribution in [0.5, 0.6) is 0 Å². The van der Waals surface area contributed by atoms with E-state index in [-0.39, 0.29) is 23.5 Å². The summed E-state index contributed by atoms with van der Waals surface area (Å²) < 4.78 is 23.6. The second-order valence-corrected chi connectivity index (χ2v) is 7.63. The molecule has 0 saturated carbocycles. The van der Waals surface area contributed by atoms with E-state index in [4.69, 9.17) is 14.8 Å². The third-order valence-corrected chi connectivity index (χ3v) is 5.55. The topological polar surface area (TPSA) is 125 Å². The van der Waals surface area contributed by atoms with Gasteiger partial charge in [-0.2, -0.15) is 0 Å². The lowest BCUT2D eigenvalue weighted by atomic mass is 10.2. The fourth-order valence-electron chi connectivity index (χ4n) is 2.46. The third kappa shape index (κ3) is 3.48. The van der Waals surface area contributed by atoms with Crippen molar-refractivity contribution in [3.8, 4) is 0 Å². The molecule has 1 aromatic carbocycles. The third-order valence-electron chi connectivity index (χ3n) is 3.77. The van der Waals surface area contributed by atoms with Crippen LogP contribution in [0.2, 0.25) is 0 Å². The van der Waals surface area contributed by atoms with E-state index in [0.29, 0.717) is 17.7 Å². The lowest BCUT2D eigenvalue weighted by molar-refractivity contribution is 0.274. The van der Waals surface area contributed by atoms with Gasteiger partial charge in [-0.1, -0.05) is 30.3 Å². The van der Waals surface area contributed by atoms with Crippen LogP contribution in [0.1, 0.15) is 11.4 Å². The molecule has 0 fully saturated rings. The first-order valence-corrected chi connectivity index (χ1v) is 9.18. The molecular formula is C15H18N5O4P. The van der Waals surface area contributed by atoms with E-state index >= 15 is 0 Å². The fraction of sp³-hybridized carbons (Fsp3) is 0.267. The predicted molar refractivity (Wildman–Crippen MR) is 93.4 cm³/mol. The Kier molecular flexibility index (Phi) is 4.71. The van der Waals surface area contributed by atoms with E-state index in [1.54, 1.807) is 0 Å². The van der Waals surface area contributed by atoms with Gasteiger partial charge in [0, 0.05) is 14.2 Å². The SMILES string of the molecule is COP(=O)(Cc1nc(N)c2[nH]c(=O)n(Cc3ccccc3)c2n1)OC. The number of nitrogens with one attached hydrogen (secondary N) is 1. The molecule has 10 heteroatoms. The smallest absolute Gasteiger partial charge is 0.337 e. The molecule has 3 aromatic rings. The number of aromatic nitrogens is 4. The molecule has 2 aromatic heterocycles. The molecule has 2 heterocycles. The zero-order valence-electron chi connectivity index (χ0n) is 13.8. The Hall–Kier alpha value is -2.48. The molecule has 9 nitrogen and oxygen atoms in total. The quantitative estimate of drug-likeness (QED) is 0.639. The van der Waals surface area contributed by atoms with Crippen LogP contribution in [0, 0.1) is 0 Å². The Morgan fingerprint density at radius 2 is 1.88 bits per heavy atom. The van der Waals surface area contributed by atoms with E-state index in [0.717, 1.165) is 5.56 Å². The van der Waals surface area contributed by atoms with Crippen molar-refractivity contribution in [1.82, 2.24) is 19.5 Å². The van der Waals surface area contributed by atoms with Crippen molar-refractivity contribution in [2.45, 2.75) is 12.7 Å². The number of fused-ring (bicyclic) bond motifs is 1. The summed E-state index contributed by atoms with van der Waals surface area (Å²) in [6, 6.07) is 9.48. The molecule has 0 unspecified atom stereocenters. The first-order chi connectivity index (χ1) is 12.0. The summed E-state index contributed by atoms with van der Waals surface area (Å²) in [6.07, 6.45) is -0.148. The number of H-pyrrole nitrogens is 1. The number of hydrogen-bond donors (Lipinski definition) is 2. The average Bonchev–Trinajstić information content (AvgIpc) is 2.92. The Bertz CT molecular complexity index is 990. The highest BCUT2D eigenvalue weighted by molar-refractivity contribution is 7.52. The maximum Gasteiger partial charge on any atom is 0.337 e. The van der Waals surface area contributed by atoms with Crippen LogP contribution in [0.4, 0.5) is 5.82 Å². The summed E-state index contributed by atoms with van der Waals surface area (Å²) in [5, 5.41) is 0. The minimum Gasteiger partial charge on any atom is -0.382 e. The van der Waals surface area contributed by atoms with Crippen molar-refractivity contribution in [3.05, 3.63) is 52.2 Å². The predicted octanol–water partition coefficient (Wildman–Crippen LogP) is 1.74. The molecule has 132 valence electrons. The van der Waals surface area contributed by atoms with Gasteiger partial charge in [0.15, 0.2) is 11.5 Å². The van der Waals surface area contributed by atoms with Crippen molar-refractivity contribution in [1.29, 1.82) is 0 Å². The van der Waals surface area contributed by atoms with E-state index < -0.39 is 7.60 Å². The first-order valence-electron chi connectivity index (χ1n) is 7.45. The normalized spacial score (nSPS) is 11.9. The lowest BCUT2D eigenvalue weighted by Gasteiger charge is -2.13. The van der Waals surface area contributed by atoms with Crippen LogP contribution < -0.4 is 11.4 Å². The van der Waals surface area contributed by atoms with Gasteiger partial charge in [-0.3, -0.25) is 9.13 Å². The van der Waals surface area contributed by atoms with Gasteiger partial charge in [0.1, 0.15) is 17.5 Å². The van der Waals surface area contributed by atoms with Crippen molar-refractivity contribution in [2.75, 3.05) is 20.0 Å². The van der Waals surface area contributed by atoms with Crippen LogP contribution in [-0.4, -0.2) is 33.7 Å². The maximum atomic E-state index is 12.3. The maximum absolute atomic E-state index is 12.3. The molecule has 0 aliphatic heterocycles. The number of nitrogen functional groups attached to an aromatic ring is 1. The summed E-state index contributed by atoms with van der Waals surface area (Å²) in [7, 11) is -0.783. The van der Waals surface area contributed by atoms with Crippen LogP contribution in [0.25, 0.3) is 11.2 Å². The van der Waals surface area contributed by atoms with Gasteiger partial charge in [-0.05, 0) is 5.56 Å². The summed E-state index contributed by atoms with van der Waals surface area (Å²) in [6.45, 7) is 0.321. The Labute approximate surface area is 143 Å². The van der Waals surface area contributed by atoms with Crippen molar-refractivity contribution in [3.63, 3.8) is 0 Å². The molecule has 0 bridgehead atoms. The number of aromatic amines is 1. The molecular weight excluding hydrogens is 345 g/mol. The lowest BCUT2D eigenvalue weighted by Crippen LogP contribution is -2.17. The van der Waals surface area contributed by atoms with E-state index in [9.17, 15) is 9.36 Å². The van der Waals surface area contributed by atoms with Gasteiger partial charge in [0.2, 0.25) is 0 Å². The largest absolute Gasteiger partial charge is 0.382 e. The van der Waals surface area contributed by atoms with Crippen molar-refractivity contribution >= 4 is 24.6 Å². The van der Waals surface area contributed by atoms with Gasteiger partial charge >= 0.3 is 13.3 Å². The highest BCUT2D eigenvalue weighted by Crippen LogP contribution is 2.49. The molecule has 0 amide bonds. The summed E-state index contributed by atoms with van der Waals surface area (Å²) in [5.74, 6) is 0.278. The number of imidazole rings is 1. The van der Waals surface area contributed by atoms with Gasteiger partial charge in [0.05, 0.1) is 6.54 Å². The molecule has 0 saturated heterocycles. The molecule has 3 N–H and O–H groups in total. The van der Waals surface area contributed by atoms with Crippen LogP contribution in [0.3, 0.4) is 0 Å². The first kappa shape index (κ1) is 17.3. The number of nitrogens with two attached hydrogens (primary N) is 1. The fourth-order valence-corrected chi connectivity index (χ4v) is 3.35. The summed E-state index contributed by atoms with van der Waals surface area (Å²) in [5.41, 5.74) is 7.20. The highest BCUT2D eigenvalue weighted by Gasteiger charge is 2.25. The van der Waals surface area contributed by atoms with Crippen LogP contribution >= 0.6 is 7.60 Å². The molecule has 0 aliphatic rings. The highest BCUT2D eigenvalue weighted by atomic mass is 31.2. The number of benzene rings is 1. The van der Waals surface area contributed by atoms with Crippen molar-refractivity contribution in [2.24, 2.45) is 0 Å². The molecule has 0 atom stereocenters. The number of rotatable bonds is 6.